The van der Waals surface area contributed by atoms with E-state index in [4.69, 9.17) is 5.26 Å². The first kappa shape index (κ1) is 11.0. The largest absolute Gasteiger partial charge is 0.353 e. The van der Waals surface area contributed by atoms with Gasteiger partial charge in [-0.2, -0.15) is 5.26 Å². The molecule has 2 aromatic rings. The minimum Gasteiger partial charge on any atom is -0.353 e. The Hall–Kier alpha value is -2.48. The molecule has 0 unspecified atom stereocenters. The van der Waals surface area contributed by atoms with E-state index < -0.39 is 11.6 Å². The van der Waals surface area contributed by atoms with Gasteiger partial charge in [-0.1, -0.05) is 0 Å². The van der Waals surface area contributed by atoms with Gasteiger partial charge in [0.15, 0.2) is 5.69 Å². The van der Waals surface area contributed by atoms with Crippen LogP contribution in [0.5, 0.6) is 0 Å². The Bertz CT molecular complexity index is 570. The molecule has 0 atom stereocenters. The van der Waals surface area contributed by atoms with E-state index in [1.165, 1.54) is 6.20 Å². The first-order chi connectivity index (χ1) is 8.19. The van der Waals surface area contributed by atoms with Crippen molar-refractivity contribution >= 4 is 11.4 Å². The average Bonchev–Trinajstić information content (AvgIpc) is 2.28. The summed E-state index contributed by atoms with van der Waals surface area (Å²) < 4.78 is 25.9. The fourth-order valence-electron chi connectivity index (χ4n) is 1.38. The maximum atomic E-state index is 13.0. The molecule has 0 aliphatic carbocycles. The molecule has 0 amide bonds. The monoisotopic (exact) mass is 231 g/mol. The third kappa shape index (κ3) is 2.55. The highest BCUT2D eigenvalue weighted by Gasteiger charge is 2.05. The van der Waals surface area contributed by atoms with Gasteiger partial charge < -0.3 is 5.32 Å². The van der Waals surface area contributed by atoms with Crippen LogP contribution < -0.4 is 5.32 Å². The van der Waals surface area contributed by atoms with Gasteiger partial charge in [-0.15, -0.1) is 0 Å². The number of anilines is 2. The molecule has 1 heterocycles. The van der Waals surface area contributed by atoms with E-state index >= 15 is 0 Å². The van der Waals surface area contributed by atoms with Crippen molar-refractivity contribution in [1.82, 2.24) is 4.98 Å². The molecular weight excluding hydrogens is 224 g/mol. The molecule has 17 heavy (non-hydrogen) atoms. The summed E-state index contributed by atoms with van der Waals surface area (Å²) in [5.74, 6) is -1.37. The van der Waals surface area contributed by atoms with Crippen LogP contribution in [0.15, 0.2) is 36.5 Å². The number of nitrogens with one attached hydrogen (secondary N) is 1. The van der Waals surface area contributed by atoms with Crippen LogP contribution >= 0.6 is 0 Å². The molecule has 0 fully saturated rings. The maximum absolute atomic E-state index is 13.0. The van der Waals surface area contributed by atoms with E-state index in [1.807, 2.05) is 6.07 Å². The SMILES string of the molecule is N#Cc1ncccc1Nc1cc(F)cc(F)c1. The van der Waals surface area contributed by atoms with Crippen molar-refractivity contribution in [3.63, 3.8) is 0 Å². The van der Waals surface area contributed by atoms with Gasteiger partial charge in [-0.3, -0.25) is 0 Å². The summed E-state index contributed by atoms with van der Waals surface area (Å²) in [4.78, 5) is 3.83. The van der Waals surface area contributed by atoms with Crippen LogP contribution in [0.25, 0.3) is 0 Å². The van der Waals surface area contributed by atoms with Crippen LogP contribution in [0.1, 0.15) is 5.69 Å². The lowest BCUT2D eigenvalue weighted by Gasteiger charge is -2.07. The number of hydrogen-bond acceptors (Lipinski definition) is 3. The molecule has 0 bridgehead atoms. The number of aromatic nitrogens is 1. The van der Waals surface area contributed by atoms with Gasteiger partial charge in [0.1, 0.15) is 17.7 Å². The molecule has 1 aromatic heterocycles. The number of nitriles is 1. The minimum absolute atomic E-state index is 0.164. The Morgan fingerprint density at radius 2 is 1.88 bits per heavy atom. The standard InChI is InChI=1S/C12H7F2N3/c13-8-4-9(14)6-10(5-8)17-11-2-1-3-16-12(11)7-15/h1-6,17H. The van der Waals surface area contributed by atoms with Gasteiger partial charge >= 0.3 is 0 Å². The Labute approximate surface area is 96.3 Å². The normalized spacial score (nSPS) is 9.71. The van der Waals surface area contributed by atoms with E-state index in [2.05, 4.69) is 10.3 Å². The van der Waals surface area contributed by atoms with Crippen LogP contribution in [0.4, 0.5) is 20.2 Å². The minimum atomic E-state index is -0.685. The highest BCUT2D eigenvalue weighted by Crippen LogP contribution is 2.20. The number of halogens is 2. The van der Waals surface area contributed by atoms with Crippen molar-refractivity contribution in [2.24, 2.45) is 0 Å². The van der Waals surface area contributed by atoms with Crippen molar-refractivity contribution in [2.75, 3.05) is 5.32 Å². The lowest BCUT2D eigenvalue weighted by molar-refractivity contribution is 0.584. The van der Waals surface area contributed by atoms with Gasteiger partial charge in [0, 0.05) is 18.0 Å². The second kappa shape index (κ2) is 4.58. The molecule has 0 saturated heterocycles. The molecule has 84 valence electrons. The van der Waals surface area contributed by atoms with Crippen molar-refractivity contribution in [3.8, 4) is 6.07 Å². The molecule has 0 radical (unpaired) electrons. The molecule has 3 nitrogen and oxygen atoms in total. The summed E-state index contributed by atoms with van der Waals surface area (Å²) in [5.41, 5.74) is 0.796. The van der Waals surface area contributed by atoms with Gasteiger partial charge in [0.2, 0.25) is 0 Å². The molecule has 1 N–H and O–H groups in total. The first-order valence-corrected chi connectivity index (χ1v) is 4.77. The first-order valence-electron chi connectivity index (χ1n) is 4.77. The van der Waals surface area contributed by atoms with Crippen LogP contribution in [0, 0.1) is 23.0 Å². The zero-order chi connectivity index (χ0) is 12.3. The van der Waals surface area contributed by atoms with E-state index in [1.54, 1.807) is 12.1 Å². The van der Waals surface area contributed by atoms with Gasteiger partial charge in [0.05, 0.1) is 5.69 Å². The molecule has 0 saturated carbocycles. The fourth-order valence-corrected chi connectivity index (χ4v) is 1.38. The van der Waals surface area contributed by atoms with E-state index in [-0.39, 0.29) is 11.4 Å². The zero-order valence-electron chi connectivity index (χ0n) is 8.61. The van der Waals surface area contributed by atoms with Crippen molar-refractivity contribution in [2.45, 2.75) is 0 Å². The van der Waals surface area contributed by atoms with Crippen molar-refractivity contribution < 1.29 is 8.78 Å². The fraction of sp³-hybridized carbons (Fsp3) is 0. The predicted molar refractivity (Wildman–Crippen MR) is 58.6 cm³/mol. The Kier molecular flexibility index (Phi) is 2.97. The Morgan fingerprint density at radius 3 is 2.53 bits per heavy atom. The number of hydrogen-bond donors (Lipinski definition) is 1. The van der Waals surface area contributed by atoms with Crippen LogP contribution in [-0.2, 0) is 0 Å². The molecule has 0 spiro atoms. The predicted octanol–water partition coefficient (Wildman–Crippen LogP) is 2.98. The van der Waals surface area contributed by atoms with Crippen molar-refractivity contribution in [1.29, 1.82) is 5.26 Å². The third-order valence-electron chi connectivity index (χ3n) is 2.06. The number of rotatable bonds is 2. The van der Waals surface area contributed by atoms with E-state index in [0.717, 1.165) is 18.2 Å². The molecule has 5 heteroatoms. The topological polar surface area (TPSA) is 48.7 Å². The summed E-state index contributed by atoms with van der Waals surface area (Å²) in [6.45, 7) is 0. The molecular formula is C12H7F2N3. The van der Waals surface area contributed by atoms with E-state index in [0.29, 0.717) is 5.69 Å². The quantitative estimate of drug-likeness (QED) is 0.864. The zero-order valence-corrected chi connectivity index (χ0v) is 8.61. The molecule has 2 rings (SSSR count). The second-order valence-electron chi connectivity index (χ2n) is 3.29. The molecule has 0 aliphatic rings. The number of nitrogens with zero attached hydrogens (tertiary/aromatic N) is 2. The van der Waals surface area contributed by atoms with Gasteiger partial charge in [-0.05, 0) is 24.3 Å². The maximum Gasteiger partial charge on any atom is 0.163 e. The highest BCUT2D eigenvalue weighted by atomic mass is 19.1. The highest BCUT2D eigenvalue weighted by molar-refractivity contribution is 5.64. The summed E-state index contributed by atoms with van der Waals surface area (Å²) in [6, 6.07) is 8.16. The second-order valence-corrected chi connectivity index (χ2v) is 3.29. The Balaban J connectivity index is 2.35. The molecule has 0 aliphatic heterocycles. The molecule has 1 aromatic carbocycles. The van der Waals surface area contributed by atoms with Crippen LogP contribution in [-0.4, -0.2) is 4.98 Å². The summed E-state index contributed by atoms with van der Waals surface area (Å²) in [6.07, 6.45) is 1.47. The van der Waals surface area contributed by atoms with Gasteiger partial charge in [0.25, 0.3) is 0 Å². The van der Waals surface area contributed by atoms with Gasteiger partial charge in [-0.25, -0.2) is 13.8 Å². The third-order valence-corrected chi connectivity index (χ3v) is 2.06. The number of pyridine rings is 1. The van der Waals surface area contributed by atoms with Crippen LogP contribution in [0.3, 0.4) is 0 Å². The van der Waals surface area contributed by atoms with Crippen molar-refractivity contribution in [3.05, 3.63) is 53.9 Å². The smallest absolute Gasteiger partial charge is 0.163 e. The number of benzene rings is 1. The average molecular weight is 231 g/mol. The lowest BCUT2D eigenvalue weighted by atomic mass is 10.2. The Morgan fingerprint density at radius 1 is 1.18 bits per heavy atom. The summed E-state index contributed by atoms with van der Waals surface area (Å²) >= 11 is 0. The lowest BCUT2D eigenvalue weighted by Crippen LogP contribution is -1.96. The summed E-state index contributed by atoms with van der Waals surface area (Å²) in [5, 5.41) is 11.5. The van der Waals surface area contributed by atoms with E-state index in [9.17, 15) is 8.78 Å². The van der Waals surface area contributed by atoms with Crippen LogP contribution in [0.2, 0.25) is 0 Å². The summed E-state index contributed by atoms with van der Waals surface area (Å²) in [7, 11) is 0.